The van der Waals surface area contributed by atoms with E-state index in [1.165, 1.54) is 12.1 Å². The topological polar surface area (TPSA) is 60.2 Å². The summed E-state index contributed by atoms with van der Waals surface area (Å²) < 4.78 is 37.8. The van der Waals surface area contributed by atoms with Crippen LogP contribution in [0.25, 0.3) is 0 Å². The minimum absolute atomic E-state index is 0.0207. The van der Waals surface area contributed by atoms with Crippen molar-refractivity contribution >= 4 is 15.5 Å². The standard InChI is InChI=1S/C12H16FNO2S/c13-11-8-10(6-7-12(11)14)17(15,16)9-4-2-1-3-5-9/h6-9H,1-5,14H2. The van der Waals surface area contributed by atoms with Crippen molar-refractivity contribution in [3.05, 3.63) is 24.0 Å². The van der Waals surface area contributed by atoms with Crippen LogP contribution in [0.4, 0.5) is 10.1 Å². The fourth-order valence-corrected chi connectivity index (χ4v) is 4.12. The van der Waals surface area contributed by atoms with Crippen molar-refractivity contribution in [3.8, 4) is 0 Å². The van der Waals surface area contributed by atoms with Gasteiger partial charge in [0.15, 0.2) is 9.84 Å². The molecule has 1 saturated carbocycles. The molecule has 0 amide bonds. The van der Waals surface area contributed by atoms with Gasteiger partial charge >= 0.3 is 0 Å². The Labute approximate surface area is 101 Å². The van der Waals surface area contributed by atoms with Gasteiger partial charge < -0.3 is 5.73 Å². The van der Waals surface area contributed by atoms with E-state index in [0.717, 1.165) is 25.3 Å². The maximum Gasteiger partial charge on any atom is 0.181 e. The Hall–Kier alpha value is -1.10. The average Bonchev–Trinajstić information content (AvgIpc) is 2.33. The van der Waals surface area contributed by atoms with Crippen molar-refractivity contribution in [1.82, 2.24) is 0 Å². The van der Waals surface area contributed by atoms with Gasteiger partial charge in [0.2, 0.25) is 0 Å². The molecule has 1 aromatic carbocycles. The highest BCUT2D eigenvalue weighted by Crippen LogP contribution is 2.29. The molecular formula is C12H16FNO2S. The lowest BCUT2D eigenvalue weighted by molar-refractivity contribution is 0.483. The Bertz CT molecular complexity index is 507. The van der Waals surface area contributed by atoms with E-state index in [-0.39, 0.29) is 15.8 Å². The van der Waals surface area contributed by atoms with Gasteiger partial charge in [-0.3, -0.25) is 0 Å². The van der Waals surface area contributed by atoms with Crippen LogP contribution in [0.2, 0.25) is 0 Å². The van der Waals surface area contributed by atoms with Crippen LogP contribution in [-0.4, -0.2) is 13.7 Å². The van der Waals surface area contributed by atoms with Crippen LogP contribution >= 0.6 is 0 Å². The smallest absolute Gasteiger partial charge is 0.181 e. The second-order valence-electron chi connectivity index (χ2n) is 4.49. The van der Waals surface area contributed by atoms with E-state index in [1.807, 2.05) is 0 Å². The van der Waals surface area contributed by atoms with Crippen LogP contribution < -0.4 is 5.73 Å². The molecule has 0 atom stereocenters. The second kappa shape index (κ2) is 4.64. The zero-order valence-corrected chi connectivity index (χ0v) is 10.3. The summed E-state index contributed by atoms with van der Waals surface area (Å²) in [6.45, 7) is 0. The maximum atomic E-state index is 13.3. The first-order valence-electron chi connectivity index (χ1n) is 5.81. The Morgan fingerprint density at radius 1 is 1.18 bits per heavy atom. The molecule has 0 spiro atoms. The van der Waals surface area contributed by atoms with Gasteiger partial charge in [0.1, 0.15) is 5.82 Å². The van der Waals surface area contributed by atoms with Gasteiger partial charge in [-0.05, 0) is 31.0 Å². The number of hydrogen-bond acceptors (Lipinski definition) is 3. The maximum absolute atomic E-state index is 13.3. The highest BCUT2D eigenvalue weighted by Gasteiger charge is 2.29. The summed E-state index contributed by atoms with van der Waals surface area (Å²) in [5, 5.41) is -0.362. The molecule has 0 aromatic heterocycles. The molecule has 0 heterocycles. The first-order valence-corrected chi connectivity index (χ1v) is 7.35. The second-order valence-corrected chi connectivity index (χ2v) is 6.72. The Balaban J connectivity index is 2.33. The molecule has 5 heteroatoms. The van der Waals surface area contributed by atoms with Crippen LogP contribution in [0.5, 0.6) is 0 Å². The summed E-state index contributed by atoms with van der Waals surface area (Å²) in [6.07, 6.45) is 4.30. The Morgan fingerprint density at radius 2 is 1.82 bits per heavy atom. The lowest BCUT2D eigenvalue weighted by Crippen LogP contribution is -2.24. The molecular weight excluding hydrogens is 241 g/mol. The summed E-state index contributed by atoms with van der Waals surface area (Å²) in [5.41, 5.74) is 5.32. The third-order valence-electron chi connectivity index (χ3n) is 3.29. The van der Waals surface area contributed by atoms with Crippen molar-refractivity contribution in [2.45, 2.75) is 42.2 Å². The molecule has 1 aliphatic rings. The molecule has 1 aliphatic carbocycles. The summed E-state index contributed by atoms with van der Waals surface area (Å²) in [6, 6.07) is 3.73. The molecule has 1 aromatic rings. The summed E-state index contributed by atoms with van der Waals surface area (Å²) in [4.78, 5) is 0.0519. The fraction of sp³-hybridized carbons (Fsp3) is 0.500. The lowest BCUT2D eigenvalue weighted by atomic mass is 10.0. The van der Waals surface area contributed by atoms with Crippen LogP contribution in [0.3, 0.4) is 0 Å². The van der Waals surface area contributed by atoms with Gasteiger partial charge in [0.05, 0.1) is 15.8 Å². The number of rotatable bonds is 2. The fourth-order valence-electron chi connectivity index (χ4n) is 2.25. The van der Waals surface area contributed by atoms with Crippen LogP contribution in [-0.2, 0) is 9.84 Å². The van der Waals surface area contributed by atoms with E-state index in [1.54, 1.807) is 0 Å². The Kier molecular flexibility index (Phi) is 3.38. The van der Waals surface area contributed by atoms with Crippen molar-refractivity contribution in [2.75, 3.05) is 5.73 Å². The third-order valence-corrected chi connectivity index (χ3v) is 5.55. The molecule has 2 rings (SSSR count). The number of hydrogen-bond donors (Lipinski definition) is 1. The molecule has 0 saturated heterocycles. The van der Waals surface area contributed by atoms with E-state index in [9.17, 15) is 12.8 Å². The molecule has 0 unspecified atom stereocenters. The zero-order valence-electron chi connectivity index (χ0n) is 9.52. The molecule has 1 fully saturated rings. The van der Waals surface area contributed by atoms with E-state index in [2.05, 4.69) is 0 Å². The highest BCUT2D eigenvalue weighted by atomic mass is 32.2. The number of sulfone groups is 1. The zero-order chi connectivity index (χ0) is 12.5. The number of halogens is 1. The average molecular weight is 257 g/mol. The highest BCUT2D eigenvalue weighted by molar-refractivity contribution is 7.92. The molecule has 94 valence electrons. The predicted molar refractivity (Wildman–Crippen MR) is 64.9 cm³/mol. The van der Waals surface area contributed by atoms with Crippen molar-refractivity contribution < 1.29 is 12.8 Å². The van der Waals surface area contributed by atoms with Gasteiger partial charge in [-0.25, -0.2) is 12.8 Å². The van der Waals surface area contributed by atoms with Crippen LogP contribution in [0.1, 0.15) is 32.1 Å². The van der Waals surface area contributed by atoms with E-state index in [0.29, 0.717) is 12.8 Å². The lowest BCUT2D eigenvalue weighted by Gasteiger charge is -2.21. The summed E-state index contributed by atoms with van der Waals surface area (Å²) >= 11 is 0. The molecule has 0 radical (unpaired) electrons. The monoisotopic (exact) mass is 257 g/mol. The first kappa shape index (κ1) is 12.4. The molecule has 3 nitrogen and oxygen atoms in total. The third kappa shape index (κ3) is 2.44. The van der Waals surface area contributed by atoms with E-state index >= 15 is 0 Å². The van der Waals surface area contributed by atoms with Crippen LogP contribution in [0, 0.1) is 5.82 Å². The van der Waals surface area contributed by atoms with Gasteiger partial charge in [0.25, 0.3) is 0 Å². The van der Waals surface area contributed by atoms with Gasteiger partial charge in [-0.2, -0.15) is 0 Å². The number of nitrogens with two attached hydrogens (primary N) is 1. The quantitative estimate of drug-likeness (QED) is 0.828. The van der Waals surface area contributed by atoms with Gasteiger partial charge in [0, 0.05) is 0 Å². The predicted octanol–water partition coefficient (Wildman–Crippen LogP) is 2.51. The number of benzene rings is 1. The minimum atomic E-state index is -3.40. The van der Waals surface area contributed by atoms with E-state index in [4.69, 9.17) is 5.73 Å². The summed E-state index contributed by atoms with van der Waals surface area (Å²) in [5.74, 6) is -0.665. The Morgan fingerprint density at radius 3 is 2.41 bits per heavy atom. The van der Waals surface area contributed by atoms with Crippen molar-refractivity contribution in [2.24, 2.45) is 0 Å². The van der Waals surface area contributed by atoms with Crippen LogP contribution in [0.15, 0.2) is 23.1 Å². The van der Waals surface area contributed by atoms with Gasteiger partial charge in [-0.1, -0.05) is 19.3 Å². The summed E-state index contributed by atoms with van der Waals surface area (Å²) in [7, 11) is -3.40. The van der Waals surface area contributed by atoms with Crippen molar-refractivity contribution in [3.63, 3.8) is 0 Å². The van der Waals surface area contributed by atoms with Crippen molar-refractivity contribution in [1.29, 1.82) is 0 Å². The van der Waals surface area contributed by atoms with E-state index < -0.39 is 15.7 Å². The SMILES string of the molecule is Nc1ccc(S(=O)(=O)C2CCCCC2)cc1F. The minimum Gasteiger partial charge on any atom is -0.396 e. The largest absolute Gasteiger partial charge is 0.396 e. The molecule has 0 aliphatic heterocycles. The normalized spacial score (nSPS) is 18.2. The molecule has 17 heavy (non-hydrogen) atoms. The first-order chi connectivity index (χ1) is 8.01. The molecule has 2 N–H and O–H groups in total. The van der Waals surface area contributed by atoms with Gasteiger partial charge in [-0.15, -0.1) is 0 Å². The number of nitrogen functional groups attached to an aromatic ring is 1. The molecule has 0 bridgehead atoms. The number of anilines is 1.